The van der Waals surface area contributed by atoms with Gasteiger partial charge in [-0.25, -0.2) is 9.97 Å². The summed E-state index contributed by atoms with van der Waals surface area (Å²) in [6, 6.07) is 7.62. The van der Waals surface area contributed by atoms with Crippen LogP contribution >= 0.6 is 0 Å². The molecule has 1 unspecified atom stereocenters. The third kappa shape index (κ3) is 2.94. The summed E-state index contributed by atoms with van der Waals surface area (Å²) in [5.41, 5.74) is 2.97. The van der Waals surface area contributed by atoms with E-state index in [1.807, 2.05) is 29.2 Å². The second-order valence-electron chi connectivity index (χ2n) is 6.33. The first-order valence-electron chi connectivity index (χ1n) is 8.49. The van der Waals surface area contributed by atoms with Gasteiger partial charge in [-0.15, -0.1) is 0 Å². The predicted molar refractivity (Wildman–Crippen MR) is 96.2 cm³/mol. The first-order valence-corrected chi connectivity index (χ1v) is 8.49. The Labute approximate surface area is 149 Å². The van der Waals surface area contributed by atoms with Gasteiger partial charge in [0.25, 0.3) is 0 Å². The number of nitrogens with one attached hydrogen (secondary N) is 1. The molecule has 4 rings (SSSR count). The van der Waals surface area contributed by atoms with Gasteiger partial charge in [0.05, 0.1) is 19.4 Å². The fourth-order valence-electron chi connectivity index (χ4n) is 3.28. The highest BCUT2D eigenvalue weighted by Crippen LogP contribution is 2.29. The van der Waals surface area contributed by atoms with E-state index in [2.05, 4.69) is 15.0 Å². The number of hydrogen-bond donors (Lipinski definition) is 2. The van der Waals surface area contributed by atoms with E-state index < -0.39 is 11.9 Å². The first kappa shape index (κ1) is 16.3. The molecule has 1 aliphatic rings. The van der Waals surface area contributed by atoms with Gasteiger partial charge in [-0.05, 0) is 37.1 Å². The Morgan fingerprint density at radius 2 is 2.12 bits per heavy atom. The fourth-order valence-corrected chi connectivity index (χ4v) is 3.28. The third-order valence-corrected chi connectivity index (χ3v) is 4.69. The van der Waals surface area contributed by atoms with Crippen LogP contribution < -0.4 is 9.64 Å². The zero-order chi connectivity index (χ0) is 18.1. The molecular formula is C18H19N5O3. The molecule has 0 amide bonds. The SMILES string of the molecule is COc1ccc(-c2nc(N3CCCC(C(=O)O)C3)nc3nc[nH]c23)cc1. The number of carboxylic acid groups (broad SMARTS) is 1. The maximum atomic E-state index is 11.4. The molecule has 3 heterocycles. The van der Waals surface area contributed by atoms with Crippen LogP contribution in [0.1, 0.15) is 12.8 Å². The Hall–Kier alpha value is -3.16. The molecule has 8 nitrogen and oxygen atoms in total. The number of imidazole rings is 1. The number of H-pyrrole nitrogens is 1. The zero-order valence-electron chi connectivity index (χ0n) is 14.3. The lowest BCUT2D eigenvalue weighted by atomic mass is 9.99. The Balaban J connectivity index is 1.76. The van der Waals surface area contributed by atoms with Crippen LogP contribution in [0.5, 0.6) is 5.75 Å². The summed E-state index contributed by atoms with van der Waals surface area (Å²) in [6.45, 7) is 1.15. The van der Waals surface area contributed by atoms with Crippen molar-refractivity contribution in [3.63, 3.8) is 0 Å². The molecule has 8 heteroatoms. The molecule has 1 saturated heterocycles. The van der Waals surface area contributed by atoms with Gasteiger partial charge in [0, 0.05) is 18.7 Å². The lowest BCUT2D eigenvalue weighted by Gasteiger charge is -2.30. The van der Waals surface area contributed by atoms with Crippen LogP contribution in [0, 0.1) is 5.92 Å². The van der Waals surface area contributed by atoms with Crippen molar-refractivity contribution >= 4 is 23.1 Å². The topological polar surface area (TPSA) is 104 Å². The highest BCUT2D eigenvalue weighted by molar-refractivity contribution is 5.88. The largest absolute Gasteiger partial charge is 0.497 e. The van der Waals surface area contributed by atoms with Crippen molar-refractivity contribution in [1.82, 2.24) is 19.9 Å². The molecule has 1 aromatic carbocycles. The molecule has 134 valence electrons. The van der Waals surface area contributed by atoms with Gasteiger partial charge in [-0.2, -0.15) is 4.98 Å². The number of aromatic nitrogens is 4. The Morgan fingerprint density at radius 1 is 1.31 bits per heavy atom. The Morgan fingerprint density at radius 3 is 2.85 bits per heavy atom. The molecular weight excluding hydrogens is 334 g/mol. The summed E-state index contributed by atoms with van der Waals surface area (Å²) < 4.78 is 5.21. The number of aliphatic carboxylic acids is 1. The van der Waals surface area contributed by atoms with Crippen molar-refractivity contribution in [3.05, 3.63) is 30.6 Å². The summed E-state index contributed by atoms with van der Waals surface area (Å²) >= 11 is 0. The van der Waals surface area contributed by atoms with E-state index in [0.29, 0.717) is 24.6 Å². The number of methoxy groups -OCH3 is 1. The fraction of sp³-hybridized carbons (Fsp3) is 0.333. The molecule has 1 aliphatic heterocycles. The van der Waals surface area contributed by atoms with Crippen molar-refractivity contribution in [2.45, 2.75) is 12.8 Å². The van der Waals surface area contributed by atoms with Crippen LogP contribution in [0.3, 0.4) is 0 Å². The average molecular weight is 353 g/mol. The van der Waals surface area contributed by atoms with Crippen molar-refractivity contribution < 1.29 is 14.6 Å². The molecule has 0 radical (unpaired) electrons. The second-order valence-corrected chi connectivity index (χ2v) is 6.33. The van der Waals surface area contributed by atoms with Gasteiger partial charge in [-0.1, -0.05) is 0 Å². The number of fused-ring (bicyclic) bond motifs is 1. The van der Waals surface area contributed by atoms with E-state index >= 15 is 0 Å². The number of rotatable bonds is 4. The maximum Gasteiger partial charge on any atom is 0.308 e. The van der Waals surface area contributed by atoms with Gasteiger partial charge >= 0.3 is 5.97 Å². The number of carbonyl (C=O) groups is 1. The third-order valence-electron chi connectivity index (χ3n) is 4.69. The molecule has 1 atom stereocenters. The molecule has 3 aromatic rings. The summed E-state index contributed by atoms with van der Waals surface area (Å²) in [6.07, 6.45) is 3.07. The molecule has 0 spiro atoms. The van der Waals surface area contributed by atoms with Crippen LogP contribution in [0.15, 0.2) is 30.6 Å². The minimum absolute atomic E-state index is 0.397. The normalized spacial score (nSPS) is 17.4. The molecule has 0 saturated carbocycles. The Kier molecular flexibility index (Phi) is 4.16. The summed E-state index contributed by atoms with van der Waals surface area (Å²) in [7, 11) is 1.63. The van der Waals surface area contributed by atoms with E-state index in [4.69, 9.17) is 9.72 Å². The van der Waals surface area contributed by atoms with Crippen LogP contribution in [-0.2, 0) is 4.79 Å². The lowest BCUT2D eigenvalue weighted by Crippen LogP contribution is -2.39. The van der Waals surface area contributed by atoms with E-state index in [-0.39, 0.29) is 0 Å². The monoisotopic (exact) mass is 353 g/mol. The quantitative estimate of drug-likeness (QED) is 0.742. The van der Waals surface area contributed by atoms with Gasteiger partial charge in [0.1, 0.15) is 17.0 Å². The van der Waals surface area contributed by atoms with E-state index in [9.17, 15) is 9.90 Å². The smallest absolute Gasteiger partial charge is 0.308 e. The lowest BCUT2D eigenvalue weighted by molar-refractivity contribution is -0.141. The first-order chi connectivity index (χ1) is 12.7. The van der Waals surface area contributed by atoms with Crippen LogP contribution in [-0.4, -0.2) is 51.2 Å². The predicted octanol–water partition coefficient (Wildman–Crippen LogP) is 2.33. The summed E-state index contributed by atoms with van der Waals surface area (Å²) in [4.78, 5) is 29.9. The van der Waals surface area contributed by atoms with Gasteiger partial charge in [-0.3, -0.25) is 4.79 Å². The van der Waals surface area contributed by atoms with Crippen molar-refractivity contribution in [3.8, 4) is 17.0 Å². The number of ether oxygens (including phenoxy) is 1. The zero-order valence-corrected chi connectivity index (χ0v) is 14.3. The van der Waals surface area contributed by atoms with Gasteiger partial charge < -0.3 is 19.7 Å². The summed E-state index contributed by atoms with van der Waals surface area (Å²) in [5, 5.41) is 9.33. The maximum absolute atomic E-state index is 11.4. The highest BCUT2D eigenvalue weighted by atomic mass is 16.5. The molecule has 26 heavy (non-hydrogen) atoms. The molecule has 0 bridgehead atoms. The second kappa shape index (κ2) is 6.62. The molecule has 0 aliphatic carbocycles. The van der Waals surface area contributed by atoms with Crippen molar-refractivity contribution in [1.29, 1.82) is 0 Å². The number of piperidine rings is 1. The van der Waals surface area contributed by atoms with Gasteiger partial charge in [0.2, 0.25) is 5.95 Å². The molecule has 1 fully saturated rings. The average Bonchev–Trinajstić information content (AvgIpc) is 3.16. The van der Waals surface area contributed by atoms with Crippen LogP contribution in [0.2, 0.25) is 0 Å². The van der Waals surface area contributed by atoms with Crippen LogP contribution in [0.4, 0.5) is 5.95 Å². The van der Waals surface area contributed by atoms with E-state index in [1.165, 1.54) is 0 Å². The van der Waals surface area contributed by atoms with Crippen LogP contribution in [0.25, 0.3) is 22.4 Å². The molecule has 2 aromatic heterocycles. The molecule has 2 N–H and O–H groups in total. The number of nitrogens with zero attached hydrogens (tertiary/aromatic N) is 4. The number of benzene rings is 1. The number of hydrogen-bond acceptors (Lipinski definition) is 6. The van der Waals surface area contributed by atoms with Crippen molar-refractivity contribution in [2.75, 3.05) is 25.1 Å². The standard InChI is InChI=1S/C18H19N5O3/c1-26-13-6-4-11(5-7-13)14-15-16(20-10-19-15)22-18(21-14)23-8-2-3-12(9-23)17(24)25/h4-7,10,12H,2-3,8-9H2,1H3,(H,24,25)(H,19,20,21,22). The highest BCUT2D eigenvalue weighted by Gasteiger charge is 2.27. The minimum atomic E-state index is -0.772. The minimum Gasteiger partial charge on any atom is -0.497 e. The number of aromatic amines is 1. The van der Waals surface area contributed by atoms with E-state index in [0.717, 1.165) is 35.5 Å². The van der Waals surface area contributed by atoms with Gasteiger partial charge in [0.15, 0.2) is 5.65 Å². The van der Waals surface area contributed by atoms with E-state index in [1.54, 1.807) is 13.4 Å². The Bertz CT molecular complexity index is 938. The van der Waals surface area contributed by atoms with Crippen molar-refractivity contribution in [2.24, 2.45) is 5.92 Å². The number of anilines is 1. The summed E-state index contributed by atoms with van der Waals surface area (Å²) in [5.74, 6) is 0.114. The number of carboxylic acids is 1.